The summed E-state index contributed by atoms with van der Waals surface area (Å²) >= 11 is 6.25. The van der Waals surface area contributed by atoms with Gasteiger partial charge in [-0.25, -0.2) is 0 Å². The third-order valence-corrected chi connectivity index (χ3v) is 3.07. The fraction of sp³-hybridized carbons (Fsp3) is 0.750. The molecule has 0 bridgehead atoms. The first kappa shape index (κ1) is 14.5. The van der Waals surface area contributed by atoms with Crippen LogP contribution < -0.4 is 0 Å². The van der Waals surface area contributed by atoms with Gasteiger partial charge in [-0.05, 0) is 20.3 Å². The maximum atomic E-state index is 9.84. The van der Waals surface area contributed by atoms with Gasteiger partial charge < -0.3 is 9.84 Å². The number of ether oxygens (including phenoxy) is 1. The molecule has 0 amide bonds. The molecule has 0 aliphatic carbocycles. The summed E-state index contributed by atoms with van der Waals surface area (Å²) in [6, 6.07) is 0. The lowest BCUT2D eigenvalue weighted by molar-refractivity contribution is 0.0420. The predicted molar refractivity (Wildman–Crippen MR) is 68.5 cm³/mol. The topological polar surface area (TPSA) is 47.3 Å². The third-order valence-electron chi connectivity index (χ3n) is 2.64. The van der Waals surface area contributed by atoms with Gasteiger partial charge in [0.2, 0.25) is 0 Å². The van der Waals surface area contributed by atoms with Gasteiger partial charge in [0.15, 0.2) is 0 Å². The average Bonchev–Trinajstić information content (AvgIpc) is 2.63. The van der Waals surface area contributed by atoms with Crippen LogP contribution in [0.5, 0.6) is 0 Å². The van der Waals surface area contributed by atoms with Crippen LogP contribution in [0.4, 0.5) is 0 Å². The van der Waals surface area contributed by atoms with Crippen LogP contribution in [0.1, 0.15) is 32.2 Å². The molecule has 1 aromatic rings. The van der Waals surface area contributed by atoms with Crippen LogP contribution in [0.3, 0.4) is 0 Å². The van der Waals surface area contributed by atoms with Crippen molar-refractivity contribution in [3.63, 3.8) is 0 Å². The minimum absolute atomic E-state index is 0.336. The lowest BCUT2D eigenvalue weighted by atomic mass is 10.2. The number of hydrogen-bond acceptors (Lipinski definition) is 3. The van der Waals surface area contributed by atoms with E-state index in [0.717, 1.165) is 24.4 Å². The van der Waals surface area contributed by atoms with E-state index in [1.165, 1.54) is 0 Å². The van der Waals surface area contributed by atoms with E-state index >= 15 is 0 Å². The van der Waals surface area contributed by atoms with E-state index in [1.807, 2.05) is 25.5 Å². The fourth-order valence-electron chi connectivity index (χ4n) is 1.75. The van der Waals surface area contributed by atoms with Gasteiger partial charge in [-0.15, -0.1) is 0 Å². The van der Waals surface area contributed by atoms with Crippen molar-refractivity contribution >= 4 is 11.6 Å². The molecule has 0 aliphatic heterocycles. The third kappa shape index (κ3) is 3.69. The molecular weight excluding hydrogens is 240 g/mol. The highest BCUT2D eigenvalue weighted by molar-refractivity contribution is 6.31. The number of aryl methyl sites for hydroxylation is 2. The number of rotatable bonds is 7. The second-order valence-corrected chi connectivity index (χ2v) is 4.27. The minimum Gasteiger partial charge on any atom is -0.390 e. The Hall–Kier alpha value is -0.580. The van der Waals surface area contributed by atoms with Gasteiger partial charge in [0.05, 0.1) is 29.1 Å². The summed E-state index contributed by atoms with van der Waals surface area (Å²) < 4.78 is 7.05. The van der Waals surface area contributed by atoms with Crippen LogP contribution in [-0.2, 0) is 24.1 Å². The van der Waals surface area contributed by atoms with E-state index in [1.54, 1.807) is 0 Å². The summed E-state index contributed by atoms with van der Waals surface area (Å²) in [4.78, 5) is 0. The molecule has 1 unspecified atom stereocenters. The van der Waals surface area contributed by atoms with E-state index in [2.05, 4.69) is 5.10 Å². The summed E-state index contributed by atoms with van der Waals surface area (Å²) in [6.07, 6.45) is 0.763. The summed E-state index contributed by atoms with van der Waals surface area (Å²) in [5, 5.41) is 14.9. The Bertz CT molecular complexity index is 353. The molecule has 1 N–H and O–H groups in total. The van der Waals surface area contributed by atoms with Gasteiger partial charge in [-0.1, -0.05) is 18.5 Å². The molecule has 0 aromatic carbocycles. The zero-order valence-corrected chi connectivity index (χ0v) is 11.5. The van der Waals surface area contributed by atoms with Gasteiger partial charge >= 0.3 is 0 Å². The zero-order chi connectivity index (χ0) is 12.8. The largest absolute Gasteiger partial charge is 0.390 e. The Labute approximate surface area is 108 Å². The second kappa shape index (κ2) is 6.99. The number of aromatic nitrogens is 2. The Morgan fingerprint density at radius 1 is 1.41 bits per heavy atom. The normalized spacial score (nSPS) is 13.0. The molecule has 1 aromatic heterocycles. The molecule has 1 rings (SSSR count). The van der Waals surface area contributed by atoms with Gasteiger partial charge in [0, 0.05) is 19.6 Å². The Morgan fingerprint density at radius 3 is 2.65 bits per heavy atom. The lowest BCUT2D eigenvalue weighted by Gasteiger charge is -2.11. The standard InChI is InChI=1S/C12H21ClN2O2/c1-4-10-12(13)11(15(5-2)14-10)7-9(16)8-17-6-3/h9,16H,4-8H2,1-3H3. The smallest absolute Gasteiger partial charge is 0.0850 e. The van der Waals surface area contributed by atoms with Crippen molar-refractivity contribution in [2.45, 2.75) is 46.3 Å². The fourth-order valence-corrected chi connectivity index (χ4v) is 2.09. The first-order valence-electron chi connectivity index (χ1n) is 6.13. The van der Waals surface area contributed by atoms with Crippen molar-refractivity contribution in [3.8, 4) is 0 Å². The molecule has 1 heterocycles. The van der Waals surface area contributed by atoms with E-state index in [0.29, 0.717) is 24.7 Å². The summed E-state index contributed by atoms with van der Waals surface area (Å²) in [5.41, 5.74) is 1.80. The van der Waals surface area contributed by atoms with Crippen LogP contribution in [0.2, 0.25) is 5.02 Å². The number of aliphatic hydroxyl groups is 1. The summed E-state index contributed by atoms with van der Waals surface area (Å²) in [5.74, 6) is 0. The van der Waals surface area contributed by atoms with Crippen LogP contribution in [-0.4, -0.2) is 34.2 Å². The molecule has 0 saturated heterocycles. The first-order valence-corrected chi connectivity index (χ1v) is 6.51. The maximum absolute atomic E-state index is 9.84. The van der Waals surface area contributed by atoms with Crippen molar-refractivity contribution < 1.29 is 9.84 Å². The highest BCUT2D eigenvalue weighted by Crippen LogP contribution is 2.22. The lowest BCUT2D eigenvalue weighted by Crippen LogP contribution is -2.20. The number of halogens is 1. The number of aliphatic hydroxyl groups excluding tert-OH is 1. The Kier molecular flexibility index (Phi) is 5.95. The van der Waals surface area contributed by atoms with Crippen molar-refractivity contribution in [2.24, 2.45) is 0 Å². The van der Waals surface area contributed by atoms with Crippen LogP contribution in [0, 0.1) is 0 Å². The van der Waals surface area contributed by atoms with Gasteiger partial charge in [-0.3, -0.25) is 4.68 Å². The maximum Gasteiger partial charge on any atom is 0.0850 e. The summed E-state index contributed by atoms with van der Waals surface area (Å²) in [6.45, 7) is 7.65. The van der Waals surface area contributed by atoms with Crippen molar-refractivity contribution in [1.82, 2.24) is 9.78 Å². The number of nitrogens with zero attached hydrogens (tertiary/aromatic N) is 2. The van der Waals surface area contributed by atoms with Crippen molar-refractivity contribution in [2.75, 3.05) is 13.2 Å². The SMILES string of the molecule is CCOCC(O)Cc1c(Cl)c(CC)nn1CC. The molecule has 1 atom stereocenters. The van der Waals surface area contributed by atoms with E-state index in [-0.39, 0.29) is 0 Å². The highest BCUT2D eigenvalue weighted by atomic mass is 35.5. The molecule has 0 aliphatic rings. The first-order chi connectivity index (χ1) is 8.13. The van der Waals surface area contributed by atoms with E-state index < -0.39 is 6.10 Å². The molecule has 17 heavy (non-hydrogen) atoms. The molecule has 4 nitrogen and oxygen atoms in total. The quantitative estimate of drug-likeness (QED) is 0.816. The van der Waals surface area contributed by atoms with Crippen molar-refractivity contribution in [1.29, 1.82) is 0 Å². The molecule has 0 radical (unpaired) electrons. The molecule has 0 spiro atoms. The van der Waals surface area contributed by atoms with Gasteiger partial charge in [0.1, 0.15) is 0 Å². The molecule has 98 valence electrons. The molecular formula is C12H21ClN2O2. The van der Waals surface area contributed by atoms with Crippen molar-refractivity contribution in [3.05, 3.63) is 16.4 Å². The summed E-state index contributed by atoms with van der Waals surface area (Å²) in [7, 11) is 0. The monoisotopic (exact) mass is 260 g/mol. The predicted octanol–water partition coefficient (Wildman–Crippen LogP) is 2.06. The highest BCUT2D eigenvalue weighted by Gasteiger charge is 2.17. The Balaban J connectivity index is 2.78. The molecule has 5 heteroatoms. The van der Waals surface area contributed by atoms with Crippen LogP contribution >= 0.6 is 11.6 Å². The van der Waals surface area contributed by atoms with Gasteiger partial charge in [0.25, 0.3) is 0 Å². The number of hydrogen-bond donors (Lipinski definition) is 1. The average molecular weight is 261 g/mol. The van der Waals surface area contributed by atoms with Crippen LogP contribution in [0.15, 0.2) is 0 Å². The molecule has 0 saturated carbocycles. The zero-order valence-electron chi connectivity index (χ0n) is 10.7. The van der Waals surface area contributed by atoms with E-state index in [9.17, 15) is 5.11 Å². The van der Waals surface area contributed by atoms with E-state index in [4.69, 9.17) is 16.3 Å². The van der Waals surface area contributed by atoms with Crippen LogP contribution in [0.25, 0.3) is 0 Å². The second-order valence-electron chi connectivity index (χ2n) is 3.89. The van der Waals surface area contributed by atoms with Gasteiger partial charge in [-0.2, -0.15) is 5.10 Å². The molecule has 0 fully saturated rings. The Morgan fingerprint density at radius 2 is 2.12 bits per heavy atom. The minimum atomic E-state index is -0.529.